The normalized spacial score (nSPS) is 10.9. The highest BCUT2D eigenvalue weighted by atomic mass is 79.9. The van der Waals surface area contributed by atoms with Crippen molar-refractivity contribution >= 4 is 33.2 Å². The molecule has 0 fully saturated rings. The summed E-state index contributed by atoms with van der Waals surface area (Å²) in [7, 11) is 0. The predicted molar refractivity (Wildman–Crippen MR) is 65.2 cm³/mol. The van der Waals surface area contributed by atoms with Gasteiger partial charge in [-0.15, -0.1) is 11.3 Å². The van der Waals surface area contributed by atoms with E-state index in [0.29, 0.717) is 6.54 Å². The van der Waals surface area contributed by atoms with Gasteiger partial charge in [-0.05, 0) is 33.9 Å². The lowest BCUT2D eigenvalue weighted by Crippen LogP contribution is -2.25. The van der Waals surface area contributed by atoms with Crippen molar-refractivity contribution in [2.24, 2.45) is 0 Å². The number of hydrogen-bond acceptors (Lipinski definition) is 3. The molecule has 0 bridgehead atoms. The Bertz CT molecular complexity index is 327. The van der Waals surface area contributed by atoms with E-state index in [0.717, 1.165) is 17.6 Å². The standard InChI is InChI=1S/C10H14BrNO2S/c1-2-12(5-3-10(13)14)7-9-8(11)4-6-15-9/h4,6H,2-3,5,7H2,1H3,(H,13,14). The van der Waals surface area contributed by atoms with Gasteiger partial charge < -0.3 is 5.11 Å². The molecule has 0 unspecified atom stereocenters. The average Bonchev–Trinajstić information content (AvgIpc) is 2.58. The van der Waals surface area contributed by atoms with Crippen molar-refractivity contribution < 1.29 is 9.90 Å². The van der Waals surface area contributed by atoms with Gasteiger partial charge in [-0.2, -0.15) is 0 Å². The number of carboxylic acids is 1. The SMILES string of the molecule is CCN(CCC(=O)O)Cc1sccc1Br. The Kier molecular flexibility index (Phi) is 5.28. The minimum atomic E-state index is -0.737. The third-order valence-electron chi connectivity index (χ3n) is 2.15. The summed E-state index contributed by atoms with van der Waals surface area (Å²) in [5, 5.41) is 10.6. The van der Waals surface area contributed by atoms with Gasteiger partial charge in [0.15, 0.2) is 0 Å². The van der Waals surface area contributed by atoms with Gasteiger partial charge in [-0.25, -0.2) is 0 Å². The van der Waals surface area contributed by atoms with E-state index in [4.69, 9.17) is 5.11 Å². The second-order valence-electron chi connectivity index (χ2n) is 3.20. The lowest BCUT2D eigenvalue weighted by Gasteiger charge is -2.18. The molecule has 1 aromatic heterocycles. The van der Waals surface area contributed by atoms with E-state index in [2.05, 4.69) is 20.8 Å². The first-order chi connectivity index (χ1) is 7.13. The number of hydrogen-bond donors (Lipinski definition) is 1. The molecule has 0 aromatic carbocycles. The van der Waals surface area contributed by atoms with Gasteiger partial charge in [0.05, 0.1) is 6.42 Å². The van der Waals surface area contributed by atoms with Crippen LogP contribution in [0.3, 0.4) is 0 Å². The van der Waals surface area contributed by atoms with Gasteiger partial charge in [-0.3, -0.25) is 9.69 Å². The van der Waals surface area contributed by atoms with E-state index >= 15 is 0 Å². The summed E-state index contributed by atoms with van der Waals surface area (Å²) >= 11 is 5.16. The summed E-state index contributed by atoms with van der Waals surface area (Å²) in [5.41, 5.74) is 0. The third-order valence-corrected chi connectivity index (χ3v) is 4.06. The number of rotatable bonds is 6. The summed E-state index contributed by atoms with van der Waals surface area (Å²) in [5.74, 6) is -0.737. The monoisotopic (exact) mass is 291 g/mol. The zero-order valence-corrected chi connectivity index (χ0v) is 11.0. The summed E-state index contributed by atoms with van der Waals surface area (Å²) < 4.78 is 1.11. The second-order valence-corrected chi connectivity index (χ2v) is 5.06. The fourth-order valence-electron chi connectivity index (χ4n) is 1.24. The number of thiophene rings is 1. The molecule has 84 valence electrons. The lowest BCUT2D eigenvalue weighted by molar-refractivity contribution is -0.137. The summed E-state index contributed by atoms with van der Waals surface area (Å²) in [6.45, 7) is 4.35. The quantitative estimate of drug-likeness (QED) is 0.876. The molecule has 0 saturated carbocycles. The Labute approximate surface area is 102 Å². The first-order valence-corrected chi connectivity index (χ1v) is 6.46. The maximum absolute atomic E-state index is 10.5. The summed E-state index contributed by atoms with van der Waals surface area (Å²) in [4.78, 5) is 13.8. The van der Waals surface area contributed by atoms with Crippen LogP contribution < -0.4 is 0 Å². The molecule has 0 spiro atoms. The van der Waals surface area contributed by atoms with E-state index in [9.17, 15) is 4.79 Å². The van der Waals surface area contributed by atoms with Gasteiger partial charge in [0.25, 0.3) is 0 Å². The number of carbonyl (C=O) groups is 1. The predicted octanol–water partition coefficient (Wildman–Crippen LogP) is 2.81. The van der Waals surface area contributed by atoms with Crippen molar-refractivity contribution in [3.8, 4) is 0 Å². The van der Waals surface area contributed by atoms with Crippen LogP contribution in [-0.2, 0) is 11.3 Å². The molecule has 1 aromatic rings. The minimum Gasteiger partial charge on any atom is -0.481 e. The second kappa shape index (κ2) is 6.25. The molecule has 0 aliphatic heterocycles. The van der Waals surface area contributed by atoms with Crippen LogP contribution in [0.1, 0.15) is 18.2 Å². The Hall–Kier alpha value is -0.390. The zero-order valence-electron chi connectivity index (χ0n) is 8.57. The molecular weight excluding hydrogens is 278 g/mol. The number of carboxylic acid groups (broad SMARTS) is 1. The Morgan fingerprint density at radius 2 is 2.40 bits per heavy atom. The number of halogens is 1. The Morgan fingerprint density at radius 1 is 1.67 bits per heavy atom. The van der Waals surface area contributed by atoms with Crippen LogP contribution in [0.2, 0.25) is 0 Å². The Morgan fingerprint density at radius 3 is 2.87 bits per heavy atom. The van der Waals surface area contributed by atoms with Crippen molar-refractivity contribution in [1.29, 1.82) is 0 Å². The molecule has 15 heavy (non-hydrogen) atoms. The molecule has 5 heteroatoms. The Balaban J connectivity index is 2.47. The molecule has 0 aliphatic rings. The molecule has 0 atom stereocenters. The van der Waals surface area contributed by atoms with Gasteiger partial charge in [0.2, 0.25) is 0 Å². The molecule has 1 heterocycles. The number of aliphatic carboxylic acids is 1. The molecule has 0 saturated heterocycles. The van der Waals surface area contributed by atoms with Gasteiger partial charge in [0, 0.05) is 22.4 Å². The molecule has 0 amide bonds. The molecule has 1 rings (SSSR count). The fourth-order valence-corrected chi connectivity index (χ4v) is 2.76. The van der Waals surface area contributed by atoms with Crippen molar-refractivity contribution in [2.75, 3.05) is 13.1 Å². The number of nitrogens with zero attached hydrogens (tertiary/aromatic N) is 1. The van der Waals surface area contributed by atoms with Crippen LogP contribution in [0.15, 0.2) is 15.9 Å². The first kappa shape index (κ1) is 12.7. The van der Waals surface area contributed by atoms with Crippen LogP contribution in [0.5, 0.6) is 0 Å². The van der Waals surface area contributed by atoms with Crippen molar-refractivity contribution in [1.82, 2.24) is 4.90 Å². The molecule has 3 nitrogen and oxygen atoms in total. The van der Waals surface area contributed by atoms with E-state index < -0.39 is 5.97 Å². The largest absolute Gasteiger partial charge is 0.481 e. The molecule has 1 N–H and O–H groups in total. The van der Waals surface area contributed by atoms with E-state index in [-0.39, 0.29) is 6.42 Å². The molecular formula is C10H14BrNO2S. The van der Waals surface area contributed by atoms with Crippen LogP contribution in [-0.4, -0.2) is 29.1 Å². The maximum atomic E-state index is 10.5. The van der Waals surface area contributed by atoms with E-state index in [1.807, 2.05) is 18.4 Å². The van der Waals surface area contributed by atoms with Gasteiger partial charge in [-0.1, -0.05) is 6.92 Å². The third kappa shape index (κ3) is 4.32. The summed E-state index contributed by atoms with van der Waals surface area (Å²) in [6.07, 6.45) is 0.205. The van der Waals surface area contributed by atoms with Crippen LogP contribution >= 0.6 is 27.3 Å². The zero-order chi connectivity index (χ0) is 11.3. The van der Waals surface area contributed by atoms with Gasteiger partial charge in [0.1, 0.15) is 0 Å². The highest BCUT2D eigenvalue weighted by Gasteiger charge is 2.09. The first-order valence-electron chi connectivity index (χ1n) is 4.79. The average molecular weight is 292 g/mol. The van der Waals surface area contributed by atoms with Crippen molar-refractivity contribution in [2.45, 2.75) is 19.9 Å². The maximum Gasteiger partial charge on any atom is 0.304 e. The van der Waals surface area contributed by atoms with Crippen LogP contribution in [0.4, 0.5) is 0 Å². The molecule has 0 radical (unpaired) electrons. The highest BCUT2D eigenvalue weighted by Crippen LogP contribution is 2.24. The van der Waals surface area contributed by atoms with E-state index in [1.165, 1.54) is 4.88 Å². The van der Waals surface area contributed by atoms with Crippen LogP contribution in [0.25, 0.3) is 0 Å². The minimum absolute atomic E-state index is 0.205. The lowest BCUT2D eigenvalue weighted by atomic mass is 10.3. The highest BCUT2D eigenvalue weighted by molar-refractivity contribution is 9.10. The van der Waals surface area contributed by atoms with Gasteiger partial charge >= 0.3 is 5.97 Å². The molecule has 0 aliphatic carbocycles. The summed E-state index contributed by atoms with van der Waals surface area (Å²) in [6, 6.07) is 2.02. The van der Waals surface area contributed by atoms with Crippen molar-refractivity contribution in [3.05, 3.63) is 20.8 Å². The van der Waals surface area contributed by atoms with Crippen LogP contribution in [0, 0.1) is 0 Å². The van der Waals surface area contributed by atoms with E-state index in [1.54, 1.807) is 11.3 Å². The fraction of sp³-hybridized carbons (Fsp3) is 0.500. The van der Waals surface area contributed by atoms with Crippen molar-refractivity contribution in [3.63, 3.8) is 0 Å². The topological polar surface area (TPSA) is 40.5 Å². The smallest absolute Gasteiger partial charge is 0.304 e.